The first-order valence-electron chi connectivity index (χ1n) is 8.49. The zero-order valence-corrected chi connectivity index (χ0v) is 14.7. The minimum Gasteiger partial charge on any atom is -0.497 e. The molecule has 8 nitrogen and oxygen atoms in total. The Hall–Kier alpha value is -2.35. The van der Waals surface area contributed by atoms with Crippen molar-refractivity contribution < 1.29 is 19.1 Å². The van der Waals surface area contributed by atoms with Crippen LogP contribution < -0.4 is 9.64 Å². The number of carbonyl (C=O) groups excluding carboxylic acids is 2. The molecule has 1 aromatic heterocycles. The van der Waals surface area contributed by atoms with Crippen LogP contribution in [-0.2, 0) is 14.3 Å². The van der Waals surface area contributed by atoms with Gasteiger partial charge in [0.05, 0.1) is 20.3 Å². The Morgan fingerprint density at radius 2 is 1.96 bits per heavy atom. The predicted octanol–water partition coefficient (Wildman–Crippen LogP) is -0.0139. The van der Waals surface area contributed by atoms with Crippen LogP contribution in [0.2, 0.25) is 0 Å². The molecule has 136 valence electrons. The molecule has 2 aliphatic heterocycles. The van der Waals surface area contributed by atoms with Crippen molar-refractivity contribution in [3.05, 3.63) is 18.3 Å². The first-order valence-corrected chi connectivity index (χ1v) is 8.49. The fourth-order valence-corrected chi connectivity index (χ4v) is 3.14. The number of carbonyl (C=O) groups is 2. The summed E-state index contributed by atoms with van der Waals surface area (Å²) in [4.78, 5) is 34.2. The Morgan fingerprint density at radius 3 is 2.64 bits per heavy atom. The van der Waals surface area contributed by atoms with Gasteiger partial charge in [-0.25, -0.2) is 4.98 Å². The normalized spacial score (nSPS) is 21.2. The highest BCUT2D eigenvalue weighted by Crippen LogP contribution is 2.20. The molecule has 2 saturated heterocycles. The molecule has 0 saturated carbocycles. The van der Waals surface area contributed by atoms with Crippen molar-refractivity contribution in [1.29, 1.82) is 0 Å². The molecule has 3 rings (SSSR count). The second-order valence-corrected chi connectivity index (χ2v) is 6.19. The lowest BCUT2D eigenvalue weighted by molar-refractivity contribution is -0.153. The van der Waals surface area contributed by atoms with Crippen LogP contribution in [0.25, 0.3) is 0 Å². The van der Waals surface area contributed by atoms with Gasteiger partial charge in [-0.05, 0) is 6.07 Å². The summed E-state index contributed by atoms with van der Waals surface area (Å²) in [6.07, 6.45) is 1.16. The monoisotopic (exact) mass is 348 g/mol. The van der Waals surface area contributed by atoms with Gasteiger partial charge in [-0.2, -0.15) is 0 Å². The van der Waals surface area contributed by atoms with Gasteiger partial charge in [-0.3, -0.25) is 9.59 Å². The molecule has 25 heavy (non-hydrogen) atoms. The van der Waals surface area contributed by atoms with E-state index in [1.165, 1.54) is 6.92 Å². The first-order chi connectivity index (χ1) is 12.1. The van der Waals surface area contributed by atoms with Crippen molar-refractivity contribution in [2.24, 2.45) is 0 Å². The summed E-state index contributed by atoms with van der Waals surface area (Å²) in [5.41, 5.74) is 0. The Bertz CT molecular complexity index is 631. The lowest BCUT2D eigenvalue weighted by atomic mass is 10.2. The highest BCUT2D eigenvalue weighted by atomic mass is 16.5. The summed E-state index contributed by atoms with van der Waals surface area (Å²) in [7, 11) is 1.63. The zero-order valence-electron chi connectivity index (χ0n) is 14.7. The van der Waals surface area contributed by atoms with E-state index in [0.717, 1.165) is 11.6 Å². The average Bonchev–Trinajstić information content (AvgIpc) is 2.67. The van der Waals surface area contributed by atoms with Crippen molar-refractivity contribution in [1.82, 2.24) is 14.8 Å². The third-order valence-corrected chi connectivity index (χ3v) is 4.66. The average molecular weight is 348 g/mol. The Labute approximate surface area is 147 Å². The number of amides is 2. The molecular formula is C17H24N4O4. The number of ether oxygens (including phenoxy) is 2. The lowest BCUT2D eigenvalue weighted by Gasteiger charge is -2.39. The minimum atomic E-state index is -0.556. The van der Waals surface area contributed by atoms with E-state index >= 15 is 0 Å². The van der Waals surface area contributed by atoms with Crippen LogP contribution in [0.5, 0.6) is 5.75 Å². The molecule has 1 atom stereocenters. The van der Waals surface area contributed by atoms with E-state index in [0.29, 0.717) is 45.9 Å². The molecule has 0 bridgehead atoms. The number of pyridine rings is 1. The molecule has 8 heteroatoms. The van der Waals surface area contributed by atoms with Crippen LogP contribution >= 0.6 is 0 Å². The highest BCUT2D eigenvalue weighted by molar-refractivity contribution is 5.83. The fraction of sp³-hybridized carbons (Fsp3) is 0.588. The van der Waals surface area contributed by atoms with Gasteiger partial charge in [0.2, 0.25) is 5.91 Å². The summed E-state index contributed by atoms with van der Waals surface area (Å²) in [6, 6.07) is 3.71. The number of rotatable bonds is 3. The molecule has 2 aliphatic rings. The van der Waals surface area contributed by atoms with E-state index in [4.69, 9.17) is 9.47 Å². The number of hydrogen-bond acceptors (Lipinski definition) is 6. The second kappa shape index (κ2) is 7.69. The van der Waals surface area contributed by atoms with Gasteiger partial charge in [0.1, 0.15) is 11.6 Å². The number of aromatic nitrogens is 1. The zero-order chi connectivity index (χ0) is 17.8. The van der Waals surface area contributed by atoms with Gasteiger partial charge < -0.3 is 24.2 Å². The molecule has 0 radical (unpaired) electrons. The van der Waals surface area contributed by atoms with Crippen molar-refractivity contribution in [3.8, 4) is 5.75 Å². The van der Waals surface area contributed by atoms with Gasteiger partial charge in [0, 0.05) is 51.9 Å². The van der Waals surface area contributed by atoms with E-state index in [1.807, 2.05) is 17.0 Å². The van der Waals surface area contributed by atoms with E-state index in [1.54, 1.807) is 18.2 Å². The molecule has 0 spiro atoms. The molecule has 0 N–H and O–H groups in total. The molecule has 2 fully saturated rings. The maximum absolute atomic E-state index is 12.7. The fourth-order valence-electron chi connectivity index (χ4n) is 3.14. The Balaban J connectivity index is 1.56. The van der Waals surface area contributed by atoms with Crippen molar-refractivity contribution >= 4 is 17.6 Å². The summed E-state index contributed by atoms with van der Waals surface area (Å²) in [6.45, 7) is 5.44. The van der Waals surface area contributed by atoms with E-state index < -0.39 is 6.10 Å². The van der Waals surface area contributed by atoms with Gasteiger partial charge in [0.15, 0.2) is 6.10 Å². The summed E-state index contributed by atoms with van der Waals surface area (Å²) < 4.78 is 10.8. The lowest BCUT2D eigenvalue weighted by Crippen LogP contribution is -2.56. The summed E-state index contributed by atoms with van der Waals surface area (Å²) >= 11 is 0. The smallest absolute Gasteiger partial charge is 0.253 e. The topological polar surface area (TPSA) is 75.2 Å². The quantitative estimate of drug-likeness (QED) is 0.765. The van der Waals surface area contributed by atoms with Crippen molar-refractivity contribution in [2.45, 2.75) is 13.0 Å². The standard InChI is InChI=1S/C17H24N4O4/c1-13(22)21-9-10-25-15(12-21)17(23)20-7-5-19(6-8-20)16-11-14(24-2)3-4-18-16/h3-4,11,15H,5-10,12H2,1-2H3. The molecular weight excluding hydrogens is 324 g/mol. The molecule has 3 heterocycles. The number of nitrogens with zero attached hydrogens (tertiary/aromatic N) is 4. The van der Waals surface area contributed by atoms with E-state index in [2.05, 4.69) is 9.88 Å². The third-order valence-electron chi connectivity index (χ3n) is 4.66. The van der Waals surface area contributed by atoms with Crippen LogP contribution in [0.1, 0.15) is 6.92 Å². The SMILES string of the molecule is COc1ccnc(N2CCN(C(=O)C3CN(C(C)=O)CCO3)CC2)c1. The van der Waals surface area contributed by atoms with Crippen LogP contribution in [0.15, 0.2) is 18.3 Å². The molecule has 0 aliphatic carbocycles. The number of piperazine rings is 1. The minimum absolute atomic E-state index is 0.0185. The molecule has 2 amide bonds. The van der Waals surface area contributed by atoms with Crippen LogP contribution in [0, 0.1) is 0 Å². The predicted molar refractivity (Wildman–Crippen MR) is 91.6 cm³/mol. The van der Waals surface area contributed by atoms with Crippen molar-refractivity contribution in [2.75, 3.05) is 57.9 Å². The number of hydrogen-bond donors (Lipinski definition) is 0. The van der Waals surface area contributed by atoms with Crippen molar-refractivity contribution in [3.63, 3.8) is 0 Å². The van der Waals surface area contributed by atoms with Gasteiger partial charge in [-0.1, -0.05) is 0 Å². The highest BCUT2D eigenvalue weighted by Gasteiger charge is 2.32. The maximum atomic E-state index is 12.7. The summed E-state index contributed by atoms with van der Waals surface area (Å²) in [5.74, 6) is 1.56. The Morgan fingerprint density at radius 1 is 1.20 bits per heavy atom. The van der Waals surface area contributed by atoms with E-state index in [-0.39, 0.29) is 11.8 Å². The van der Waals surface area contributed by atoms with Crippen LogP contribution in [-0.4, -0.2) is 85.7 Å². The van der Waals surface area contributed by atoms with Crippen LogP contribution in [0.3, 0.4) is 0 Å². The number of morpholine rings is 1. The number of methoxy groups -OCH3 is 1. The largest absolute Gasteiger partial charge is 0.497 e. The maximum Gasteiger partial charge on any atom is 0.253 e. The summed E-state index contributed by atoms with van der Waals surface area (Å²) in [5, 5.41) is 0. The number of anilines is 1. The Kier molecular flexibility index (Phi) is 5.37. The van der Waals surface area contributed by atoms with E-state index in [9.17, 15) is 9.59 Å². The first kappa shape index (κ1) is 17.5. The van der Waals surface area contributed by atoms with Gasteiger partial charge in [-0.15, -0.1) is 0 Å². The van der Waals surface area contributed by atoms with Crippen LogP contribution in [0.4, 0.5) is 5.82 Å². The molecule has 0 aromatic carbocycles. The van der Waals surface area contributed by atoms with Gasteiger partial charge >= 0.3 is 0 Å². The molecule has 1 aromatic rings. The third kappa shape index (κ3) is 4.01. The second-order valence-electron chi connectivity index (χ2n) is 6.19. The van der Waals surface area contributed by atoms with Gasteiger partial charge in [0.25, 0.3) is 5.91 Å². The molecule has 1 unspecified atom stereocenters.